The van der Waals surface area contributed by atoms with Gasteiger partial charge < -0.3 is 4.74 Å². The molecule has 1 aromatic rings. The average molecular weight is 316 g/mol. The van der Waals surface area contributed by atoms with E-state index in [0.717, 1.165) is 5.56 Å². The number of sulfonamides is 1. The summed E-state index contributed by atoms with van der Waals surface area (Å²) < 4.78 is 31.7. The fourth-order valence-corrected chi connectivity index (χ4v) is 3.47. The van der Waals surface area contributed by atoms with E-state index in [0.29, 0.717) is 5.02 Å². The molecule has 0 saturated carbocycles. The van der Waals surface area contributed by atoms with E-state index in [1.165, 1.54) is 29.6 Å². The van der Waals surface area contributed by atoms with Gasteiger partial charge in [0.15, 0.2) is 0 Å². The number of ether oxygens (including phenoxy) is 1. The fourth-order valence-electron chi connectivity index (χ4n) is 1.70. The van der Waals surface area contributed by atoms with Crippen molar-refractivity contribution in [3.63, 3.8) is 0 Å². The van der Waals surface area contributed by atoms with Crippen molar-refractivity contribution in [2.45, 2.75) is 11.8 Å². The molecular weight excluding hydrogens is 298 g/mol. The van der Waals surface area contributed by atoms with Gasteiger partial charge in [0.2, 0.25) is 10.0 Å². The van der Waals surface area contributed by atoms with Crippen LogP contribution in [0.1, 0.15) is 5.56 Å². The van der Waals surface area contributed by atoms with Gasteiger partial charge >= 0.3 is 0 Å². The van der Waals surface area contributed by atoms with Crippen molar-refractivity contribution in [3.8, 4) is 5.75 Å². The van der Waals surface area contributed by atoms with Crippen LogP contribution in [0.4, 0.5) is 0 Å². The van der Waals surface area contributed by atoms with E-state index in [1.807, 2.05) is 0 Å². The highest BCUT2D eigenvalue weighted by Gasteiger charge is 2.27. The fraction of sp³-hybridized carbons (Fsp3) is 0.286. The van der Waals surface area contributed by atoms with Crippen LogP contribution in [0.15, 0.2) is 42.3 Å². The van der Waals surface area contributed by atoms with Crippen molar-refractivity contribution in [1.29, 1.82) is 0 Å². The van der Waals surface area contributed by atoms with Gasteiger partial charge in [-0.1, -0.05) is 23.8 Å². The lowest BCUT2D eigenvalue weighted by atomic mass is 10.2. The summed E-state index contributed by atoms with van der Waals surface area (Å²) in [4.78, 5) is 0.0410. The lowest BCUT2D eigenvalue weighted by Gasteiger charge is -2.21. The van der Waals surface area contributed by atoms with Crippen LogP contribution in [-0.2, 0) is 10.0 Å². The zero-order chi connectivity index (χ0) is 15.3. The molecule has 0 aliphatic rings. The van der Waals surface area contributed by atoms with Crippen LogP contribution in [0.25, 0.3) is 0 Å². The smallest absolute Gasteiger partial charge is 0.247 e. The van der Waals surface area contributed by atoms with Crippen LogP contribution in [0.5, 0.6) is 5.75 Å². The summed E-state index contributed by atoms with van der Waals surface area (Å²) in [5, 5.41) is 0.376. The molecule has 0 amide bonds. The molecule has 0 bridgehead atoms. The molecule has 6 heteroatoms. The van der Waals surface area contributed by atoms with Gasteiger partial charge in [0.25, 0.3) is 0 Å². The molecule has 1 aromatic carbocycles. The summed E-state index contributed by atoms with van der Waals surface area (Å²) >= 11 is 6.03. The molecule has 0 spiro atoms. The molecule has 0 heterocycles. The van der Waals surface area contributed by atoms with E-state index < -0.39 is 10.0 Å². The van der Waals surface area contributed by atoms with Gasteiger partial charge in [-0.2, -0.15) is 4.31 Å². The van der Waals surface area contributed by atoms with E-state index in [-0.39, 0.29) is 23.7 Å². The standard InChI is InChI=1S/C14H18ClNO3S/c1-5-7-16(8-6-2)20(17,18)14-10-12(15)11(3)9-13(14)19-4/h5-6,9-10H,1-2,7-8H2,3-4H3. The van der Waals surface area contributed by atoms with E-state index in [2.05, 4.69) is 13.2 Å². The van der Waals surface area contributed by atoms with Crippen LogP contribution in [0.3, 0.4) is 0 Å². The Hall–Kier alpha value is -1.30. The second kappa shape index (κ2) is 6.92. The highest BCUT2D eigenvalue weighted by atomic mass is 35.5. The Labute approximate surface area is 125 Å². The first-order valence-electron chi connectivity index (χ1n) is 5.94. The predicted octanol–water partition coefficient (Wildman–Crippen LogP) is 3.02. The molecule has 0 N–H and O–H groups in total. The minimum absolute atomic E-state index is 0.0410. The maximum absolute atomic E-state index is 12.6. The molecule has 0 aliphatic carbocycles. The number of halogens is 1. The molecule has 4 nitrogen and oxygen atoms in total. The first-order valence-corrected chi connectivity index (χ1v) is 7.76. The maximum atomic E-state index is 12.6. The predicted molar refractivity (Wildman–Crippen MR) is 81.9 cm³/mol. The Bertz CT molecular complexity index is 601. The number of hydrogen-bond donors (Lipinski definition) is 0. The van der Waals surface area contributed by atoms with Crippen molar-refractivity contribution < 1.29 is 13.2 Å². The molecule has 110 valence electrons. The number of rotatable bonds is 7. The summed E-state index contributed by atoms with van der Waals surface area (Å²) in [6, 6.07) is 3.01. The van der Waals surface area contributed by atoms with Gasteiger partial charge in [0, 0.05) is 18.1 Å². The number of hydrogen-bond acceptors (Lipinski definition) is 3. The molecule has 0 saturated heterocycles. The summed E-state index contributed by atoms with van der Waals surface area (Å²) in [7, 11) is -2.30. The topological polar surface area (TPSA) is 46.6 Å². The largest absolute Gasteiger partial charge is 0.495 e. The number of nitrogens with zero attached hydrogens (tertiary/aromatic N) is 1. The Kier molecular flexibility index (Phi) is 5.80. The monoisotopic (exact) mass is 315 g/mol. The molecule has 1 rings (SSSR count). The van der Waals surface area contributed by atoms with E-state index >= 15 is 0 Å². The molecule has 0 aromatic heterocycles. The van der Waals surface area contributed by atoms with E-state index in [4.69, 9.17) is 16.3 Å². The summed E-state index contributed by atoms with van der Waals surface area (Å²) in [5.41, 5.74) is 0.751. The Morgan fingerprint density at radius 2 is 1.85 bits per heavy atom. The number of benzene rings is 1. The van der Waals surface area contributed by atoms with E-state index in [9.17, 15) is 8.42 Å². The molecule has 20 heavy (non-hydrogen) atoms. The minimum Gasteiger partial charge on any atom is -0.495 e. The second-order valence-electron chi connectivity index (χ2n) is 4.15. The molecular formula is C14H18ClNO3S. The maximum Gasteiger partial charge on any atom is 0.247 e. The Morgan fingerprint density at radius 3 is 2.30 bits per heavy atom. The van der Waals surface area contributed by atoms with Gasteiger partial charge in [-0.25, -0.2) is 8.42 Å². The van der Waals surface area contributed by atoms with Crippen molar-refractivity contribution in [1.82, 2.24) is 4.31 Å². The zero-order valence-corrected chi connectivity index (χ0v) is 13.2. The lowest BCUT2D eigenvalue weighted by Crippen LogP contribution is -2.31. The van der Waals surface area contributed by atoms with Crippen LogP contribution >= 0.6 is 11.6 Å². The molecule has 0 unspecified atom stereocenters. The third-order valence-corrected chi connectivity index (χ3v) is 4.99. The third-order valence-electron chi connectivity index (χ3n) is 2.73. The van der Waals surface area contributed by atoms with Gasteiger partial charge in [0.05, 0.1) is 7.11 Å². The van der Waals surface area contributed by atoms with Crippen LogP contribution in [0, 0.1) is 6.92 Å². The summed E-state index contributed by atoms with van der Waals surface area (Å²) in [5.74, 6) is 0.269. The van der Waals surface area contributed by atoms with Crippen LogP contribution in [-0.4, -0.2) is 32.9 Å². The highest BCUT2D eigenvalue weighted by Crippen LogP contribution is 2.32. The SMILES string of the molecule is C=CCN(CC=C)S(=O)(=O)c1cc(Cl)c(C)cc1OC. The number of methoxy groups -OCH3 is 1. The molecule has 0 atom stereocenters. The number of aryl methyl sites for hydroxylation is 1. The molecule has 0 fully saturated rings. The van der Waals surface area contributed by atoms with Crippen molar-refractivity contribution in [2.75, 3.05) is 20.2 Å². The molecule has 0 radical (unpaired) electrons. The van der Waals surface area contributed by atoms with Crippen LogP contribution < -0.4 is 4.74 Å². The van der Waals surface area contributed by atoms with Crippen molar-refractivity contribution in [2.24, 2.45) is 0 Å². The second-order valence-corrected chi connectivity index (χ2v) is 6.47. The van der Waals surface area contributed by atoms with E-state index in [1.54, 1.807) is 13.0 Å². The van der Waals surface area contributed by atoms with Gasteiger partial charge in [0.1, 0.15) is 10.6 Å². The first kappa shape index (κ1) is 16.8. The summed E-state index contributed by atoms with van der Waals surface area (Å²) in [6.45, 7) is 9.28. The lowest BCUT2D eigenvalue weighted by molar-refractivity contribution is 0.398. The van der Waals surface area contributed by atoms with Crippen molar-refractivity contribution >= 4 is 21.6 Å². The zero-order valence-electron chi connectivity index (χ0n) is 11.6. The van der Waals surface area contributed by atoms with Gasteiger partial charge in [-0.05, 0) is 24.6 Å². The Balaban J connectivity index is 3.43. The third kappa shape index (κ3) is 3.42. The average Bonchev–Trinajstić information content (AvgIpc) is 2.41. The van der Waals surface area contributed by atoms with Gasteiger partial charge in [-0.3, -0.25) is 0 Å². The van der Waals surface area contributed by atoms with Crippen LogP contribution in [0.2, 0.25) is 5.02 Å². The summed E-state index contributed by atoms with van der Waals surface area (Å²) in [6.07, 6.45) is 3.03. The van der Waals surface area contributed by atoms with Gasteiger partial charge in [-0.15, -0.1) is 13.2 Å². The highest BCUT2D eigenvalue weighted by molar-refractivity contribution is 7.89. The normalized spacial score (nSPS) is 11.4. The Morgan fingerprint density at radius 1 is 1.30 bits per heavy atom. The minimum atomic E-state index is -3.73. The molecule has 0 aliphatic heterocycles. The van der Waals surface area contributed by atoms with Crippen molar-refractivity contribution in [3.05, 3.63) is 48.0 Å². The quantitative estimate of drug-likeness (QED) is 0.727. The first-order chi connectivity index (χ1) is 9.38.